The first kappa shape index (κ1) is 15.0. The van der Waals surface area contributed by atoms with Crippen LogP contribution in [0.15, 0.2) is 36.4 Å². The van der Waals surface area contributed by atoms with Crippen molar-refractivity contribution < 1.29 is 4.74 Å². The molecule has 0 aliphatic heterocycles. The Balaban J connectivity index is 2.14. The number of hydrogen-bond donors (Lipinski definition) is 0. The molecule has 0 spiro atoms. The average Bonchev–Trinajstić information content (AvgIpc) is 2.40. The van der Waals surface area contributed by atoms with Gasteiger partial charge in [0.25, 0.3) is 0 Å². The van der Waals surface area contributed by atoms with E-state index >= 15 is 0 Å². The lowest BCUT2D eigenvalue weighted by molar-refractivity contribution is 0.304. The van der Waals surface area contributed by atoms with Crippen molar-refractivity contribution in [3.63, 3.8) is 0 Å². The van der Waals surface area contributed by atoms with E-state index in [9.17, 15) is 0 Å². The summed E-state index contributed by atoms with van der Waals surface area (Å²) in [6.07, 6.45) is 0. The molecule has 0 unspecified atom stereocenters. The van der Waals surface area contributed by atoms with Gasteiger partial charge in [-0.05, 0) is 29.8 Å². The molecule has 0 aliphatic carbocycles. The fourth-order valence-electron chi connectivity index (χ4n) is 1.59. The zero-order valence-corrected chi connectivity index (χ0v) is 13.7. The molecule has 0 radical (unpaired) electrons. The van der Waals surface area contributed by atoms with Gasteiger partial charge in [-0.15, -0.1) is 0 Å². The fourth-order valence-corrected chi connectivity index (χ4v) is 2.89. The number of halogens is 4. The minimum Gasteiger partial charge on any atom is -0.489 e. The highest BCUT2D eigenvalue weighted by Gasteiger charge is 2.07. The van der Waals surface area contributed by atoms with Crippen LogP contribution in [0.2, 0.25) is 15.1 Å². The van der Waals surface area contributed by atoms with Gasteiger partial charge in [0.15, 0.2) is 0 Å². The van der Waals surface area contributed by atoms with Crippen LogP contribution in [0.5, 0.6) is 5.75 Å². The molecule has 0 saturated carbocycles. The van der Waals surface area contributed by atoms with Gasteiger partial charge in [-0.25, -0.2) is 0 Å². The van der Waals surface area contributed by atoms with E-state index in [0.29, 0.717) is 27.0 Å². The minimum absolute atomic E-state index is 0.414. The Kier molecular flexibility index (Phi) is 5.40. The largest absolute Gasteiger partial charge is 0.489 e. The van der Waals surface area contributed by atoms with Crippen LogP contribution in [-0.4, -0.2) is 0 Å². The smallest absolute Gasteiger partial charge is 0.125 e. The molecule has 0 bridgehead atoms. The van der Waals surface area contributed by atoms with Crippen molar-refractivity contribution in [3.05, 3.63) is 62.6 Å². The second kappa shape index (κ2) is 6.85. The molecule has 0 fully saturated rings. The van der Waals surface area contributed by atoms with Crippen molar-refractivity contribution in [1.82, 2.24) is 0 Å². The number of ether oxygens (including phenoxy) is 1. The monoisotopic (exact) mass is 378 g/mol. The summed E-state index contributed by atoms with van der Waals surface area (Å²) in [7, 11) is 0. The molecular formula is C14H10BrCl3O. The maximum atomic E-state index is 6.11. The summed E-state index contributed by atoms with van der Waals surface area (Å²) in [5.41, 5.74) is 1.89. The number of benzene rings is 2. The minimum atomic E-state index is 0.414. The third-order valence-electron chi connectivity index (χ3n) is 2.59. The summed E-state index contributed by atoms with van der Waals surface area (Å²) < 4.78 is 5.77. The van der Waals surface area contributed by atoms with Crippen molar-refractivity contribution >= 4 is 50.7 Å². The lowest BCUT2D eigenvalue weighted by Gasteiger charge is -2.11. The molecule has 0 N–H and O–H groups in total. The van der Waals surface area contributed by atoms with E-state index in [0.717, 1.165) is 16.9 Å². The molecule has 2 rings (SSSR count). The first-order chi connectivity index (χ1) is 9.11. The van der Waals surface area contributed by atoms with E-state index in [1.165, 1.54) is 0 Å². The Labute approximate surface area is 135 Å². The highest BCUT2D eigenvalue weighted by atomic mass is 79.9. The van der Waals surface area contributed by atoms with Gasteiger partial charge >= 0.3 is 0 Å². The lowest BCUT2D eigenvalue weighted by atomic mass is 10.2. The van der Waals surface area contributed by atoms with Crippen molar-refractivity contribution in [2.24, 2.45) is 0 Å². The van der Waals surface area contributed by atoms with Crippen LogP contribution in [0.1, 0.15) is 11.1 Å². The zero-order chi connectivity index (χ0) is 13.8. The van der Waals surface area contributed by atoms with Crippen molar-refractivity contribution in [2.45, 2.75) is 11.9 Å². The highest BCUT2D eigenvalue weighted by molar-refractivity contribution is 9.08. The standard InChI is InChI=1S/C14H10BrCl3O/c15-7-10-11(16)2-1-3-14(10)19-8-9-4-5-12(17)13(18)6-9/h1-6H,7-8H2. The summed E-state index contributed by atoms with van der Waals surface area (Å²) in [6, 6.07) is 11.0. The summed E-state index contributed by atoms with van der Waals surface area (Å²) >= 11 is 21.3. The normalized spacial score (nSPS) is 10.5. The molecule has 0 amide bonds. The summed E-state index contributed by atoms with van der Waals surface area (Å²) in [6.45, 7) is 0.414. The van der Waals surface area contributed by atoms with Gasteiger partial charge in [0.05, 0.1) is 10.0 Å². The molecule has 0 atom stereocenters. The van der Waals surface area contributed by atoms with Crippen LogP contribution in [0.25, 0.3) is 0 Å². The second-order valence-electron chi connectivity index (χ2n) is 3.89. The molecule has 0 aromatic heterocycles. The quantitative estimate of drug-likeness (QED) is 0.581. The van der Waals surface area contributed by atoms with Gasteiger partial charge in [-0.2, -0.15) is 0 Å². The van der Waals surface area contributed by atoms with Gasteiger partial charge in [-0.3, -0.25) is 0 Å². The number of hydrogen-bond acceptors (Lipinski definition) is 1. The molecule has 5 heteroatoms. The van der Waals surface area contributed by atoms with Crippen LogP contribution >= 0.6 is 50.7 Å². The van der Waals surface area contributed by atoms with Crippen molar-refractivity contribution in [2.75, 3.05) is 0 Å². The van der Waals surface area contributed by atoms with Crippen LogP contribution in [0, 0.1) is 0 Å². The summed E-state index contributed by atoms with van der Waals surface area (Å²) in [5, 5.41) is 2.39. The van der Waals surface area contributed by atoms with E-state index in [4.69, 9.17) is 39.5 Å². The van der Waals surface area contributed by atoms with Gasteiger partial charge < -0.3 is 4.74 Å². The van der Waals surface area contributed by atoms with Gasteiger partial charge in [-0.1, -0.05) is 62.9 Å². The Morgan fingerprint density at radius 1 is 0.947 bits per heavy atom. The Hall–Kier alpha value is -0.410. The number of alkyl halides is 1. The average molecular weight is 380 g/mol. The molecule has 19 heavy (non-hydrogen) atoms. The first-order valence-electron chi connectivity index (χ1n) is 5.52. The van der Waals surface area contributed by atoms with Gasteiger partial charge in [0, 0.05) is 15.9 Å². The molecule has 1 nitrogen and oxygen atoms in total. The fraction of sp³-hybridized carbons (Fsp3) is 0.143. The zero-order valence-electron chi connectivity index (χ0n) is 9.80. The second-order valence-corrected chi connectivity index (χ2v) is 5.67. The van der Waals surface area contributed by atoms with Crippen LogP contribution in [0.4, 0.5) is 0 Å². The Morgan fingerprint density at radius 3 is 2.42 bits per heavy atom. The Bertz CT molecular complexity index is 587. The molecule has 0 heterocycles. The van der Waals surface area contributed by atoms with E-state index in [1.807, 2.05) is 24.3 Å². The van der Waals surface area contributed by atoms with Crippen LogP contribution < -0.4 is 4.74 Å². The van der Waals surface area contributed by atoms with E-state index in [2.05, 4.69) is 15.9 Å². The van der Waals surface area contributed by atoms with Crippen LogP contribution in [0.3, 0.4) is 0 Å². The highest BCUT2D eigenvalue weighted by Crippen LogP contribution is 2.29. The maximum Gasteiger partial charge on any atom is 0.125 e. The van der Waals surface area contributed by atoms with Crippen LogP contribution in [-0.2, 0) is 11.9 Å². The molecule has 0 aliphatic rings. The summed E-state index contributed by atoms with van der Waals surface area (Å²) in [4.78, 5) is 0. The van der Waals surface area contributed by atoms with Crippen molar-refractivity contribution in [1.29, 1.82) is 0 Å². The molecule has 0 saturated heterocycles. The third kappa shape index (κ3) is 3.79. The van der Waals surface area contributed by atoms with Crippen molar-refractivity contribution in [3.8, 4) is 5.75 Å². The first-order valence-corrected chi connectivity index (χ1v) is 7.77. The van der Waals surface area contributed by atoms with Gasteiger partial charge in [0.2, 0.25) is 0 Å². The lowest BCUT2D eigenvalue weighted by Crippen LogP contribution is -1.98. The molecule has 2 aromatic rings. The number of rotatable bonds is 4. The van der Waals surface area contributed by atoms with E-state index in [1.54, 1.807) is 12.1 Å². The maximum absolute atomic E-state index is 6.11. The SMILES string of the molecule is Clc1ccc(COc2cccc(Cl)c2CBr)cc1Cl. The Morgan fingerprint density at radius 2 is 1.74 bits per heavy atom. The van der Waals surface area contributed by atoms with E-state index < -0.39 is 0 Å². The molecule has 100 valence electrons. The van der Waals surface area contributed by atoms with E-state index in [-0.39, 0.29) is 0 Å². The molecule has 2 aromatic carbocycles. The third-order valence-corrected chi connectivity index (χ3v) is 4.24. The summed E-state index contributed by atoms with van der Waals surface area (Å²) in [5.74, 6) is 0.760. The predicted molar refractivity (Wildman–Crippen MR) is 84.9 cm³/mol. The van der Waals surface area contributed by atoms with Gasteiger partial charge in [0.1, 0.15) is 12.4 Å². The predicted octanol–water partition coefficient (Wildman–Crippen LogP) is 6.12. The topological polar surface area (TPSA) is 9.23 Å². The molecular weight excluding hydrogens is 370 g/mol.